The van der Waals surface area contributed by atoms with Crippen LogP contribution in [0.4, 0.5) is 5.13 Å². The number of carbonyl (C=O) groups excluding carboxylic acids is 1. The number of ketones is 1. The van der Waals surface area contributed by atoms with Gasteiger partial charge in [-0.25, -0.2) is 8.42 Å². The molecular weight excluding hydrogens is 432 g/mol. The first-order chi connectivity index (χ1) is 13.8. The Hall–Kier alpha value is -1.53. The van der Waals surface area contributed by atoms with E-state index in [1.165, 1.54) is 27.8 Å². The van der Waals surface area contributed by atoms with Gasteiger partial charge >= 0.3 is 0 Å². The van der Waals surface area contributed by atoms with Crippen molar-refractivity contribution in [2.24, 2.45) is 0 Å². The number of benzene rings is 1. The zero-order valence-corrected chi connectivity index (χ0v) is 18.9. The summed E-state index contributed by atoms with van der Waals surface area (Å²) in [6.07, 6.45) is -0.351. The molecule has 1 saturated heterocycles. The van der Waals surface area contributed by atoms with Gasteiger partial charge in [0, 0.05) is 18.7 Å². The van der Waals surface area contributed by atoms with Crippen LogP contribution in [0.2, 0.25) is 0 Å². The predicted octanol–water partition coefficient (Wildman–Crippen LogP) is 2.74. The maximum absolute atomic E-state index is 13.0. The number of ether oxygens (including phenoxy) is 1. The number of carbonyl (C=O) groups is 1. The Kier molecular flexibility index (Phi) is 7.28. The Morgan fingerprint density at radius 2 is 2.03 bits per heavy atom. The smallest absolute Gasteiger partial charge is 0.243 e. The summed E-state index contributed by atoms with van der Waals surface area (Å²) in [4.78, 5) is 12.7. The molecule has 1 N–H and O–H groups in total. The lowest BCUT2D eigenvalue weighted by Crippen LogP contribution is -2.48. The van der Waals surface area contributed by atoms with Crippen LogP contribution < -0.4 is 5.32 Å². The normalized spacial score (nSPS) is 20.5. The molecule has 0 amide bonds. The maximum atomic E-state index is 13.0. The molecule has 0 bridgehead atoms. The maximum Gasteiger partial charge on any atom is 0.243 e. The number of Topliss-reactive ketones (excluding diaryl/α,β-unsaturated/α-hetero) is 1. The number of morpholine rings is 1. The van der Waals surface area contributed by atoms with E-state index < -0.39 is 10.0 Å². The predicted molar refractivity (Wildman–Crippen MR) is 114 cm³/mol. The molecule has 3 rings (SSSR count). The quantitative estimate of drug-likeness (QED) is 0.478. The monoisotopic (exact) mass is 456 g/mol. The molecule has 0 spiro atoms. The average Bonchev–Trinajstić information content (AvgIpc) is 3.13. The third kappa shape index (κ3) is 5.54. The van der Waals surface area contributed by atoms with Crippen LogP contribution in [0, 0.1) is 0 Å². The van der Waals surface area contributed by atoms with E-state index in [0.717, 1.165) is 10.1 Å². The minimum Gasteiger partial charge on any atom is -0.373 e. The zero-order valence-electron chi connectivity index (χ0n) is 16.5. The lowest BCUT2D eigenvalue weighted by Gasteiger charge is -2.34. The first-order valence-electron chi connectivity index (χ1n) is 9.28. The van der Waals surface area contributed by atoms with Crippen LogP contribution in [-0.2, 0) is 14.8 Å². The lowest BCUT2D eigenvalue weighted by molar-refractivity contribution is -0.0440. The molecule has 2 atom stereocenters. The van der Waals surface area contributed by atoms with Crippen molar-refractivity contribution in [2.45, 2.75) is 42.2 Å². The molecule has 11 heteroatoms. The second-order valence-corrected chi connectivity index (χ2v) is 11.1. The minimum atomic E-state index is -3.70. The van der Waals surface area contributed by atoms with Gasteiger partial charge in [0.15, 0.2) is 10.1 Å². The zero-order chi connectivity index (χ0) is 21.0. The lowest BCUT2D eigenvalue weighted by atomic mass is 10.1. The van der Waals surface area contributed by atoms with Crippen molar-refractivity contribution in [3.8, 4) is 0 Å². The molecule has 158 valence electrons. The van der Waals surface area contributed by atoms with Crippen LogP contribution in [0.3, 0.4) is 0 Å². The van der Waals surface area contributed by atoms with Gasteiger partial charge in [-0.05, 0) is 31.7 Å². The second kappa shape index (κ2) is 9.52. The molecule has 1 aromatic carbocycles. The molecule has 2 aromatic rings. The highest BCUT2D eigenvalue weighted by atomic mass is 32.2. The van der Waals surface area contributed by atoms with E-state index >= 15 is 0 Å². The summed E-state index contributed by atoms with van der Waals surface area (Å²) in [5, 5.41) is 11.6. The largest absolute Gasteiger partial charge is 0.373 e. The Balaban J connectivity index is 1.70. The van der Waals surface area contributed by atoms with Gasteiger partial charge < -0.3 is 10.1 Å². The van der Waals surface area contributed by atoms with Crippen molar-refractivity contribution in [3.63, 3.8) is 0 Å². The van der Waals surface area contributed by atoms with Crippen LogP contribution in [-0.4, -0.2) is 66.3 Å². The fraction of sp³-hybridized carbons (Fsp3) is 0.500. The molecule has 1 aliphatic rings. The number of aromatic nitrogens is 2. The molecule has 0 radical (unpaired) electrons. The summed E-state index contributed by atoms with van der Waals surface area (Å²) in [6, 6.07) is 6.16. The third-order valence-electron chi connectivity index (χ3n) is 4.25. The van der Waals surface area contributed by atoms with Crippen LogP contribution >= 0.6 is 23.1 Å². The van der Waals surface area contributed by atoms with Gasteiger partial charge in [0.2, 0.25) is 15.2 Å². The van der Waals surface area contributed by atoms with Gasteiger partial charge in [-0.3, -0.25) is 4.79 Å². The van der Waals surface area contributed by atoms with Crippen molar-refractivity contribution in [1.82, 2.24) is 14.5 Å². The number of anilines is 1. The van der Waals surface area contributed by atoms with E-state index in [9.17, 15) is 13.2 Å². The van der Waals surface area contributed by atoms with Gasteiger partial charge in [-0.1, -0.05) is 42.2 Å². The molecular formula is C18H24N4O4S3. The summed E-state index contributed by atoms with van der Waals surface area (Å²) in [5.41, 5.74) is 0.334. The van der Waals surface area contributed by atoms with Crippen molar-refractivity contribution >= 4 is 44.0 Å². The molecule has 0 aliphatic carbocycles. The first kappa shape index (κ1) is 22.2. The fourth-order valence-electron chi connectivity index (χ4n) is 3.03. The Morgan fingerprint density at radius 1 is 1.31 bits per heavy atom. The van der Waals surface area contributed by atoms with Crippen LogP contribution in [0.25, 0.3) is 0 Å². The first-order valence-corrected chi connectivity index (χ1v) is 12.5. The summed E-state index contributed by atoms with van der Waals surface area (Å²) >= 11 is 2.97. The van der Waals surface area contributed by atoms with E-state index in [-0.39, 0.29) is 29.4 Å². The summed E-state index contributed by atoms with van der Waals surface area (Å²) in [7, 11) is -3.70. The molecule has 2 unspecified atom stereocenters. The third-order valence-corrected chi connectivity index (χ3v) is 7.98. The SMILES string of the molecule is CCSc1nnc(NCC(=O)c2cccc(S(=O)(=O)N3CC(C)OC(C)C3)c2)s1. The molecule has 1 fully saturated rings. The number of sulfonamides is 1. The Morgan fingerprint density at radius 3 is 2.72 bits per heavy atom. The van der Waals surface area contributed by atoms with Crippen LogP contribution in [0.15, 0.2) is 33.5 Å². The average molecular weight is 457 g/mol. The summed E-state index contributed by atoms with van der Waals surface area (Å²) < 4.78 is 33.9. The number of thioether (sulfide) groups is 1. The molecule has 2 heterocycles. The number of rotatable bonds is 8. The summed E-state index contributed by atoms with van der Waals surface area (Å²) in [5.74, 6) is 0.681. The van der Waals surface area contributed by atoms with Gasteiger partial charge in [0.25, 0.3) is 0 Å². The van der Waals surface area contributed by atoms with Crippen LogP contribution in [0.1, 0.15) is 31.1 Å². The molecule has 0 saturated carbocycles. The Bertz CT molecular complexity index is 954. The standard InChI is InChI=1S/C18H24N4O4S3/c1-4-27-18-21-20-17(28-18)19-9-16(23)14-6-5-7-15(8-14)29(24,25)22-10-12(2)26-13(3)11-22/h5-8,12-13H,4,9-11H2,1-3H3,(H,19,20). The van der Waals surface area contributed by atoms with Crippen LogP contribution in [0.5, 0.6) is 0 Å². The number of nitrogens with one attached hydrogen (secondary N) is 1. The van der Waals surface area contributed by atoms with E-state index in [1.807, 2.05) is 20.8 Å². The van der Waals surface area contributed by atoms with Crippen molar-refractivity contribution < 1.29 is 17.9 Å². The second-order valence-electron chi connectivity index (χ2n) is 6.69. The Labute approximate surface area is 179 Å². The molecule has 1 aromatic heterocycles. The van der Waals surface area contributed by atoms with E-state index in [2.05, 4.69) is 15.5 Å². The number of hydrogen-bond donors (Lipinski definition) is 1. The highest BCUT2D eigenvalue weighted by Crippen LogP contribution is 2.25. The van der Waals surface area contributed by atoms with Crippen molar-refractivity contribution in [3.05, 3.63) is 29.8 Å². The van der Waals surface area contributed by atoms with Crippen molar-refractivity contribution in [2.75, 3.05) is 30.7 Å². The number of nitrogens with zero attached hydrogens (tertiary/aromatic N) is 3. The van der Waals surface area contributed by atoms with Crippen molar-refractivity contribution in [1.29, 1.82) is 0 Å². The van der Waals surface area contributed by atoms with Gasteiger partial charge in [0.05, 0.1) is 23.6 Å². The molecule has 8 nitrogen and oxygen atoms in total. The molecule has 1 aliphatic heterocycles. The topological polar surface area (TPSA) is 101 Å². The highest BCUT2D eigenvalue weighted by molar-refractivity contribution is 8.01. The highest BCUT2D eigenvalue weighted by Gasteiger charge is 2.32. The van der Waals surface area contributed by atoms with E-state index in [1.54, 1.807) is 23.9 Å². The minimum absolute atomic E-state index is 0.0144. The summed E-state index contributed by atoms with van der Waals surface area (Å²) in [6.45, 7) is 6.33. The van der Waals surface area contributed by atoms with E-state index in [4.69, 9.17) is 4.74 Å². The number of hydrogen-bond acceptors (Lipinski definition) is 9. The van der Waals surface area contributed by atoms with Gasteiger partial charge in [-0.15, -0.1) is 10.2 Å². The fourth-order valence-corrected chi connectivity index (χ4v) is 6.31. The van der Waals surface area contributed by atoms with Gasteiger partial charge in [-0.2, -0.15) is 4.31 Å². The molecule has 29 heavy (non-hydrogen) atoms. The van der Waals surface area contributed by atoms with Gasteiger partial charge in [0.1, 0.15) is 0 Å². The van der Waals surface area contributed by atoms with E-state index in [0.29, 0.717) is 23.8 Å².